The summed E-state index contributed by atoms with van der Waals surface area (Å²) in [5.74, 6) is 0.424. The maximum Gasteiger partial charge on any atom is 0.234 e. The Bertz CT molecular complexity index is 202. The van der Waals surface area contributed by atoms with Crippen molar-refractivity contribution in [1.82, 2.24) is 5.32 Å². The zero-order valence-electron chi connectivity index (χ0n) is 8.92. The number of ether oxygens (including phenoxy) is 1. The topological polar surface area (TPSA) is 38.3 Å². The molecule has 1 rings (SSSR count). The lowest BCUT2D eigenvalue weighted by Gasteiger charge is -2.35. The van der Waals surface area contributed by atoms with Gasteiger partial charge in [0.05, 0.1) is 10.9 Å². The van der Waals surface area contributed by atoms with Gasteiger partial charge >= 0.3 is 0 Å². The van der Waals surface area contributed by atoms with Crippen LogP contribution in [0.2, 0.25) is 0 Å². The number of carbonyl (C=O) groups is 1. The van der Waals surface area contributed by atoms with E-state index in [-0.39, 0.29) is 10.7 Å². The summed E-state index contributed by atoms with van der Waals surface area (Å²) >= 11 is 3.38. The van der Waals surface area contributed by atoms with Crippen LogP contribution in [0.25, 0.3) is 0 Å². The highest BCUT2D eigenvalue weighted by Gasteiger charge is 2.31. The van der Waals surface area contributed by atoms with E-state index >= 15 is 0 Å². The van der Waals surface area contributed by atoms with Crippen LogP contribution >= 0.6 is 15.9 Å². The second-order valence-corrected chi connectivity index (χ2v) is 5.17. The fourth-order valence-electron chi connectivity index (χ4n) is 1.46. The minimum Gasteiger partial charge on any atom is -0.381 e. The molecule has 1 amide bonds. The van der Waals surface area contributed by atoms with E-state index in [0.717, 1.165) is 12.8 Å². The molecule has 0 aromatic carbocycles. The summed E-state index contributed by atoms with van der Waals surface area (Å²) in [4.78, 5) is 11.5. The number of hydrogen-bond donors (Lipinski definition) is 1. The first-order valence-corrected chi connectivity index (χ1v) is 5.93. The van der Waals surface area contributed by atoms with Gasteiger partial charge in [-0.15, -0.1) is 0 Å². The van der Waals surface area contributed by atoms with Gasteiger partial charge in [-0.2, -0.15) is 0 Å². The van der Waals surface area contributed by atoms with E-state index in [2.05, 4.69) is 21.2 Å². The van der Waals surface area contributed by atoms with E-state index in [1.54, 1.807) is 7.11 Å². The number of carbonyl (C=O) groups excluding carboxylic acids is 1. The van der Waals surface area contributed by atoms with Gasteiger partial charge < -0.3 is 10.1 Å². The van der Waals surface area contributed by atoms with Crippen LogP contribution in [0, 0.1) is 5.92 Å². The fraction of sp³-hybridized carbons (Fsp3) is 0.900. The number of amides is 1. The van der Waals surface area contributed by atoms with E-state index < -0.39 is 0 Å². The number of rotatable bonds is 4. The lowest BCUT2D eigenvalue weighted by atomic mass is 9.89. The summed E-state index contributed by atoms with van der Waals surface area (Å²) in [6.45, 7) is 4.05. The Kier molecular flexibility index (Phi) is 4.38. The first-order valence-electron chi connectivity index (χ1n) is 5.01. The van der Waals surface area contributed by atoms with Crippen molar-refractivity contribution in [1.29, 1.82) is 0 Å². The molecule has 1 fully saturated rings. The number of alkyl halides is 1. The van der Waals surface area contributed by atoms with Crippen LogP contribution in [0.5, 0.6) is 0 Å². The Labute approximate surface area is 93.7 Å². The first-order chi connectivity index (χ1) is 6.54. The van der Waals surface area contributed by atoms with Crippen molar-refractivity contribution in [3.63, 3.8) is 0 Å². The van der Waals surface area contributed by atoms with Gasteiger partial charge in [0.1, 0.15) is 0 Å². The number of nitrogens with one attached hydrogen (secondary N) is 1. The van der Waals surface area contributed by atoms with E-state index in [1.165, 1.54) is 0 Å². The largest absolute Gasteiger partial charge is 0.381 e. The highest BCUT2D eigenvalue weighted by molar-refractivity contribution is 9.10. The van der Waals surface area contributed by atoms with Crippen LogP contribution in [0.1, 0.15) is 26.7 Å². The highest BCUT2D eigenvalue weighted by Crippen LogP contribution is 2.23. The molecule has 1 aliphatic carbocycles. The third-order valence-corrected chi connectivity index (χ3v) is 4.08. The quantitative estimate of drug-likeness (QED) is 0.785. The van der Waals surface area contributed by atoms with Crippen molar-refractivity contribution in [3.05, 3.63) is 0 Å². The number of hydrogen-bond acceptors (Lipinski definition) is 2. The minimum atomic E-state index is -0.0795. The molecule has 0 heterocycles. The van der Waals surface area contributed by atoms with Gasteiger partial charge in [0.15, 0.2) is 0 Å². The Morgan fingerprint density at radius 3 is 2.50 bits per heavy atom. The molecule has 1 atom stereocenters. The van der Waals surface area contributed by atoms with E-state index in [0.29, 0.717) is 18.1 Å². The molecule has 0 aromatic rings. The third kappa shape index (κ3) is 2.95. The first kappa shape index (κ1) is 12.0. The molecular weight excluding hydrogens is 246 g/mol. The van der Waals surface area contributed by atoms with E-state index in [9.17, 15) is 4.79 Å². The average Bonchev–Trinajstić information content (AvgIpc) is 2.08. The number of halogens is 1. The smallest absolute Gasteiger partial charge is 0.234 e. The van der Waals surface area contributed by atoms with Gasteiger partial charge in [-0.1, -0.05) is 29.8 Å². The molecule has 0 radical (unpaired) electrons. The van der Waals surface area contributed by atoms with Crippen molar-refractivity contribution in [2.75, 3.05) is 7.11 Å². The molecule has 0 aliphatic heterocycles. The Morgan fingerprint density at radius 1 is 1.50 bits per heavy atom. The van der Waals surface area contributed by atoms with Crippen LogP contribution < -0.4 is 5.32 Å². The molecule has 3 nitrogen and oxygen atoms in total. The Morgan fingerprint density at radius 2 is 2.07 bits per heavy atom. The van der Waals surface area contributed by atoms with Crippen molar-refractivity contribution < 1.29 is 9.53 Å². The van der Waals surface area contributed by atoms with Gasteiger partial charge in [0, 0.05) is 13.2 Å². The van der Waals surface area contributed by atoms with Crippen LogP contribution in [0.3, 0.4) is 0 Å². The summed E-state index contributed by atoms with van der Waals surface area (Å²) in [7, 11) is 1.71. The monoisotopic (exact) mass is 263 g/mol. The van der Waals surface area contributed by atoms with Crippen LogP contribution in [0.15, 0.2) is 0 Å². The maximum atomic E-state index is 11.6. The zero-order chi connectivity index (χ0) is 10.7. The summed E-state index contributed by atoms with van der Waals surface area (Å²) in [5, 5.41) is 3.00. The Balaban J connectivity index is 2.22. The SMILES string of the molecule is COC1CC(NC(=O)C(Br)C(C)C)C1. The Hall–Kier alpha value is -0.0900. The van der Waals surface area contributed by atoms with Crippen LogP contribution in [0.4, 0.5) is 0 Å². The van der Waals surface area contributed by atoms with Crippen molar-refractivity contribution in [2.45, 2.75) is 43.7 Å². The molecule has 1 N–H and O–H groups in total. The fourth-order valence-corrected chi connectivity index (χ4v) is 1.59. The normalized spacial score (nSPS) is 28.4. The number of methoxy groups -OCH3 is 1. The standard InChI is InChI=1S/C10H18BrNO2/c1-6(2)9(11)10(13)12-7-4-8(5-7)14-3/h6-9H,4-5H2,1-3H3,(H,12,13). The predicted molar refractivity (Wildman–Crippen MR) is 59.5 cm³/mol. The second kappa shape index (κ2) is 5.12. The average molecular weight is 264 g/mol. The van der Waals surface area contributed by atoms with Crippen LogP contribution in [-0.2, 0) is 9.53 Å². The highest BCUT2D eigenvalue weighted by atomic mass is 79.9. The molecule has 1 saturated carbocycles. The van der Waals surface area contributed by atoms with E-state index in [1.807, 2.05) is 13.8 Å². The predicted octanol–water partition coefficient (Wildman–Crippen LogP) is 1.70. The summed E-state index contributed by atoms with van der Waals surface area (Å²) < 4.78 is 5.14. The maximum absolute atomic E-state index is 11.6. The molecular formula is C10H18BrNO2. The van der Waals surface area contributed by atoms with Gasteiger partial charge in [0.25, 0.3) is 0 Å². The van der Waals surface area contributed by atoms with Crippen LogP contribution in [-0.4, -0.2) is 30.0 Å². The molecule has 82 valence electrons. The zero-order valence-corrected chi connectivity index (χ0v) is 10.5. The van der Waals surface area contributed by atoms with Crippen molar-refractivity contribution in [3.8, 4) is 0 Å². The van der Waals surface area contributed by atoms with Gasteiger partial charge in [0.2, 0.25) is 5.91 Å². The minimum absolute atomic E-state index is 0.0795. The second-order valence-electron chi connectivity index (χ2n) is 4.18. The molecule has 0 bridgehead atoms. The lowest BCUT2D eigenvalue weighted by molar-refractivity contribution is -0.123. The molecule has 1 aliphatic rings. The van der Waals surface area contributed by atoms with Gasteiger partial charge in [-0.25, -0.2) is 0 Å². The molecule has 4 heteroatoms. The van der Waals surface area contributed by atoms with Gasteiger partial charge in [-0.3, -0.25) is 4.79 Å². The third-order valence-electron chi connectivity index (χ3n) is 2.61. The summed E-state index contributed by atoms with van der Waals surface area (Å²) in [6.07, 6.45) is 2.23. The van der Waals surface area contributed by atoms with Crippen molar-refractivity contribution >= 4 is 21.8 Å². The molecule has 0 aromatic heterocycles. The molecule has 0 saturated heterocycles. The van der Waals surface area contributed by atoms with Gasteiger partial charge in [-0.05, 0) is 18.8 Å². The molecule has 1 unspecified atom stereocenters. The van der Waals surface area contributed by atoms with Crippen molar-refractivity contribution in [2.24, 2.45) is 5.92 Å². The summed E-state index contributed by atoms with van der Waals surface area (Å²) in [6, 6.07) is 0.311. The summed E-state index contributed by atoms with van der Waals surface area (Å²) in [5.41, 5.74) is 0. The molecule has 14 heavy (non-hydrogen) atoms. The lowest BCUT2D eigenvalue weighted by Crippen LogP contribution is -2.50. The van der Waals surface area contributed by atoms with E-state index in [4.69, 9.17) is 4.74 Å². The molecule has 0 spiro atoms.